The number of benzene rings is 2. The number of halogens is 2. The zero-order chi connectivity index (χ0) is 17.5. The van der Waals surface area contributed by atoms with Crippen molar-refractivity contribution in [1.29, 1.82) is 0 Å². The van der Waals surface area contributed by atoms with Crippen LogP contribution in [0.2, 0.25) is 10.0 Å². The van der Waals surface area contributed by atoms with Crippen LogP contribution in [0.15, 0.2) is 42.5 Å². The summed E-state index contributed by atoms with van der Waals surface area (Å²) in [6.45, 7) is 2.14. The van der Waals surface area contributed by atoms with Crippen molar-refractivity contribution >= 4 is 46.4 Å². The monoisotopic (exact) mass is 364 g/mol. The number of nitrogens with one attached hydrogen (secondary N) is 2. The fourth-order valence-electron chi connectivity index (χ4n) is 2.14. The van der Waals surface area contributed by atoms with Crippen LogP contribution in [-0.2, 0) is 16.0 Å². The normalized spacial score (nSPS) is 10.3. The van der Waals surface area contributed by atoms with E-state index in [1.807, 2.05) is 12.1 Å². The Morgan fingerprint density at radius 2 is 1.42 bits per heavy atom. The summed E-state index contributed by atoms with van der Waals surface area (Å²) in [7, 11) is 0. The van der Waals surface area contributed by atoms with E-state index in [0.717, 1.165) is 19.3 Å². The van der Waals surface area contributed by atoms with Gasteiger partial charge in [0, 0.05) is 21.4 Å². The van der Waals surface area contributed by atoms with E-state index in [4.69, 9.17) is 23.2 Å². The summed E-state index contributed by atoms with van der Waals surface area (Å²) in [5, 5.41) is 5.77. The van der Waals surface area contributed by atoms with Crippen molar-refractivity contribution in [3.8, 4) is 0 Å². The molecule has 0 aliphatic heterocycles. The van der Waals surface area contributed by atoms with Crippen LogP contribution >= 0.6 is 23.2 Å². The minimum Gasteiger partial charge on any atom is -0.318 e. The van der Waals surface area contributed by atoms with E-state index in [1.165, 1.54) is 17.7 Å². The molecule has 0 saturated carbocycles. The third-order valence-corrected chi connectivity index (χ3v) is 3.79. The van der Waals surface area contributed by atoms with Gasteiger partial charge in [-0.3, -0.25) is 9.59 Å². The van der Waals surface area contributed by atoms with Crippen LogP contribution in [0.5, 0.6) is 0 Å². The maximum absolute atomic E-state index is 12.0. The van der Waals surface area contributed by atoms with Gasteiger partial charge in [0.2, 0.25) is 0 Å². The molecular formula is C18H18Cl2N2O2. The molecule has 0 spiro atoms. The van der Waals surface area contributed by atoms with Gasteiger partial charge >= 0.3 is 11.8 Å². The molecule has 0 heterocycles. The molecule has 4 nitrogen and oxygen atoms in total. The topological polar surface area (TPSA) is 58.2 Å². The average molecular weight is 365 g/mol. The van der Waals surface area contributed by atoms with Crippen LogP contribution < -0.4 is 10.6 Å². The quantitative estimate of drug-likeness (QED) is 0.740. The minimum atomic E-state index is -0.789. The summed E-state index contributed by atoms with van der Waals surface area (Å²) in [6, 6.07) is 12.0. The molecule has 2 amide bonds. The van der Waals surface area contributed by atoms with Gasteiger partial charge in [-0.2, -0.15) is 0 Å². The van der Waals surface area contributed by atoms with Crippen LogP contribution in [0, 0.1) is 0 Å². The van der Waals surface area contributed by atoms with E-state index in [9.17, 15) is 9.59 Å². The summed E-state index contributed by atoms with van der Waals surface area (Å²) in [5.41, 5.74) is 2.13. The predicted molar refractivity (Wildman–Crippen MR) is 98.8 cm³/mol. The standard InChI is InChI=1S/C18H18Cl2N2O2/c1-2-3-4-12-5-7-15(8-6-12)21-17(23)18(24)22-16-10-13(19)9-14(20)11-16/h5-11H,2-4H2,1H3,(H,21,23)(H,22,24). The number of anilines is 2. The Morgan fingerprint density at radius 3 is 1.96 bits per heavy atom. The number of hydrogen-bond acceptors (Lipinski definition) is 2. The fourth-order valence-corrected chi connectivity index (χ4v) is 2.66. The highest BCUT2D eigenvalue weighted by Crippen LogP contribution is 2.22. The molecule has 2 N–H and O–H groups in total. The Labute approximate surface area is 151 Å². The molecule has 0 radical (unpaired) electrons. The summed E-state index contributed by atoms with van der Waals surface area (Å²) < 4.78 is 0. The van der Waals surface area contributed by atoms with E-state index >= 15 is 0 Å². The van der Waals surface area contributed by atoms with Crippen molar-refractivity contribution in [1.82, 2.24) is 0 Å². The molecule has 2 rings (SSSR count). The van der Waals surface area contributed by atoms with E-state index in [1.54, 1.807) is 18.2 Å². The van der Waals surface area contributed by atoms with Crippen molar-refractivity contribution in [3.63, 3.8) is 0 Å². The van der Waals surface area contributed by atoms with Crippen LogP contribution in [0.1, 0.15) is 25.3 Å². The molecular weight excluding hydrogens is 347 g/mol. The van der Waals surface area contributed by atoms with Crippen molar-refractivity contribution in [2.24, 2.45) is 0 Å². The second-order valence-electron chi connectivity index (χ2n) is 5.37. The third-order valence-electron chi connectivity index (χ3n) is 3.36. The molecule has 0 unspecified atom stereocenters. The minimum absolute atomic E-state index is 0.363. The van der Waals surface area contributed by atoms with Crippen molar-refractivity contribution in [3.05, 3.63) is 58.1 Å². The molecule has 0 fully saturated rings. The van der Waals surface area contributed by atoms with Crippen molar-refractivity contribution in [2.45, 2.75) is 26.2 Å². The number of rotatable bonds is 5. The molecule has 24 heavy (non-hydrogen) atoms. The summed E-state index contributed by atoms with van der Waals surface area (Å²) in [4.78, 5) is 23.9. The van der Waals surface area contributed by atoms with Crippen LogP contribution in [0.25, 0.3) is 0 Å². The fraction of sp³-hybridized carbons (Fsp3) is 0.222. The summed E-state index contributed by atoms with van der Waals surface area (Å²) >= 11 is 11.7. The van der Waals surface area contributed by atoms with E-state index in [0.29, 0.717) is 21.4 Å². The number of aryl methyl sites for hydroxylation is 1. The lowest BCUT2D eigenvalue weighted by Crippen LogP contribution is -2.29. The summed E-state index contributed by atoms with van der Waals surface area (Å²) in [6.07, 6.45) is 3.25. The van der Waals surface area contributed by atoms with Gasteiger partial charge in [0.15, 0.2) is 0 Å². The highest BCUT2D eigenvalue weighted by Gasteiger charge is 2.14. The molecule has 2 aromatic carbocycles. The Morgan fingerprint density at radius 1 is 0.875 bits per heavy atom. The molecule has 0 saturated heterocycles. The lowest BCUT2D eigenvalue weighted by Gasteiger charge is -2.08. The zero-order valence-electron chi connectivity index (χ0n) is 13.2. The van der Waals surface area contributed by atoms with E-state index < -0.39 is 11.8 Å². The van der Waals surface area contributed by atoms with Gasteiger partial charge in [0.1, 0.15) is 0 Å². The molecule has 6 heteroatoms. The first-order valence-electron chi connectivity index (χ1n) is 7.65. The Bertz CT molecular complexity index is 710. The summed E-state index contributed by atoms with van der Waals surface area (Å²) in [5.74, 6) is -1.55. The van der Waals surface area contributed by atoms with Crippen LogP contribution in [0.4, 0.5) is 11.4 Å². The van der Waals surface area contributed by atoms with Crippen molar-refractivity contribution in [2.75, 3.05) is 10.6 Å². The lowest BCUT2D eigenvalue weighted by molar-refractivity contribution is -0.132. The molecule has 0 aliphatic rings. The molecule has 0 atom stereocenters. The first kappa shape index (κ1) is 18.3. The first-order chi connectivity index (χ1) is 11.5. The second kappa shape index (κ2) is 8.71. The largest absolute Gasteiger partial charge is 0.318 e. The Hall–Kier alpha value is -2.04. The molecule has 0 aromatic heterocycles. The van der Waals surface area contributed by atoms with Gasteiger partial charge in [-0.1, -0.05) is 48.7 Å². The number of amides is 2. The highest BCUT2D eigenvalue weighted by molar-refractivity contribution is 6.44. The van der Waals surface area contributed by atoms with E-state index in [2.05, 4.69) is 17.6 Å². The Kier molecular flexibility index (Phi) is 6.64. The van der Waals surface area contributed by atoms with Crippen LogP contribution in [-0.4, -0.2) is 11.8 Å². The SMILES string of the molecule is CCCCc1ccc(NC(=O)C(=O)Nc2cc(Cl)cc(Cl)c2)cc1. The maximum atomic E-state index is 12.0. The van der Waals surface area contributed by atoms with Gasteiger partial charge < -0.3 is 10.6 Å². The number of hydrogen-bond donors (Lipinski definition) is 2. The van der Waals surface area contributed by atoms with Gasteiger partial charge in [-0.25, -0.2) is 0 Å². The van der Waals surface area contributed by atoms with Gasteiger partial charge in [-0.15, -0.1) is 0 Å². The molecule has 126 valence electrons. The van der Waals surface area contributed by atoms with Gasteiger partial charge in [0.05, 0.1) is 0 Å². The lowest BCUT2D eigenvalue weighted by atomic mass is 10.1. The number of carbonyl (C=O) groups is 2. The maximum Gasteiger partial charge on any atom is 0.314 e. The van der Waals surface area contributed by atoms with Crippen molar-refractivity contribution < 1.29 is 9.59 Å². The zero-order valence-corrected chi connectivity index (χ0v) is 14.7. The second-order valence-corrected chi connectivity index (χ2v) is 6.24. The van der Waals surface area contributed by atoms with Crippen LogP contribution in [0.3, 0.4) is 0 Å². The molecule has 2 aromatic rings. The number of unbranched alkanes of at least 4 members (excludes halogenated alkanes) is 1. The molecule has 0 aliphatic carbocycles. The predicted octanol–water partition coefficient (Wildman–Crippen LogP) is 4.91. The molecule has 0 bridgehead atoms. The smallest absolute Gasteiger partial charge is 0.314 e. The van der Waals surface area contributed by atoms with E-state index in [-0.39, 0.29) is 0 Å². The highest BCUT2D eigenvalue weighted by atomic mass is 35.5. The first-order valence-corrected chi connectivity index (χ1v) is 8.41. The Balaban J connectivity index is 1.94. The van der Waals surface area contributed by atoms with Gasteiger partial charge in [0.25, 0.3) is 0 Å². The third kappa shape index (κ3) is 5.55. The van der Waals surface area contributed by atoms with Gasteiger partial charge in [-0.05, 0) is 48.7 Å². The number of carbonyl (C=O) groups excluding carboxylic acids is 2. The average Bonchev–Trinajstić information content (AvgIpc) is 2.53.